The lowest BCUT2D eigenvalue weighted by Gasteiger charge is -2.05. The van der Waals surface area contributed by atoms with Gasteiger partial charge in [-0.15, -0.1) is 11.3 Å². The van der Waals surface area contributed by atoms with Crippen LogP contribution in [-0.2, 0) is 24.9 Å². The number of carbonyl (C=O) groups excluding carboxylic acids is 1. The van der Waals surface area contributed by atoms with Crippen molar-refractivity contribution in [2.75, 3.05) is 0 Å². The maximum absolute atomic E-state index is 12.4. The van der Waals surface area contributed by atoms with Crippen LogP contribution in [-0.4, -0.2) is 30.1 Å². The number of thiazole rings is 1. The van der Waals surface area contributed by atoms with E-state index >= 15 is 0 Å². The van der Waals surface area contributed by atoms with Gasteiger partial charge in [0, 0.05) is 13.6 Å². The number of benzene rings is 1. The van der Waals surface area contributed by atoms with Crippen molar-refractivity contribution in [3.63, 3.8) is 0 Å². The number of aryl methyl sites for hydroxylation is 2. The molecular formula is C19H19N5O4S. The first-order chi connectivity index (χ1) is 14.0. The highest BCUT2D eigenvalue weighted by Gasteiger charge is 2.18. The summed E-state index contributed by atoms with van der Waals surface area (Å²) >= 11 is 1.44. The first-order valence-electron chi connectivity index (χ1n) is 9.18. The van der Waals surface area contributed by atoms with Crippen LogP contribution in [0, 0.1) is 0 Å². The topological polar surface area (TPSA) is 112 Å². The molecule has 0 amide bonds. The second-order valence-electron chi connectivity index (χ2n) is 6.63. The maximum Gasteiger partial charge on any atom is 0.338 e. The number of nitrogens with zero attached hydrogens (tertiary/aromatic N) is 4. The Morgan fingerprint density at radius 2 is 2.14 bits per heavy atom. The van der Waals surface area contributed by atoms with E-state index in [9.17, 15) is 14.4 Å². The number of ether oxygens (including phenoxy) is 1. The summed E-state index contributed by atoms with van der Waals surface area (Å²) in [5.41, 5.74) is 2.53. The third-order valence-electron chi connectivity index (χ3n) is 4.74. The molecule has 0 spiro atoms. The Balaban J connectivity index is 1.63. The highest BCUT2D eigenvalue weighted by atomic mass is 32.1. The number of rotatable bonds is 6. The Bertz CT molecular complexity index is 1330. The number of H-pyrrole nitrogens is 1. The molecule has 9 nitrogen and oxygen atoms in total. The molecule has 0 atom stereocenters. The van der Waals surface area contributed by atoms with Crippen LogP contribution in [0.5, 0.6) is 0 Å². The van der Waals surface area contributed by atoms with Crippen molar-refractivity contribution in [2.24, 2.45) is 7.05 Å². The lowest BCUT2D eigenvalue weighted by Crippen LogP contribution is -2.31. The van der Waals surface area contributed by atoms with Crippen LogP contribution in [0.3, 0.4) is 0 Å². The van der Waals surface area contributed by atoms with Crippen LogP contribution in [0.4, 0.5) is 0 Å². The smallest absolute Gasteiger partial charge is 0.338 e. The third-order valence-corrected chi connectivity index (χ3v) is 5.53. The summed E-state index contributed by atoms with van der Waals surface area (Å²) in [7, 11) is 1.66. The second-order valence-corrected chi connectivity index (χ2v) is 7.52. The number of imidazole rings is 1. The summed E-state index contributed by atoms with van der Waals surface area (Å²) < 4.78 is 9.30. The zero-order chi connectivity index (χ0) is 20.5. The van der Waals surface area contributed by atoms with Gasteiger partial charge in [-0.25, -0.2) is 19.6 Å². The summed E-state index contributed by atoms with van der Waals surface area (Å²) in [5, 5.41) is 0. The van der Waals surface area contributed by atoms with Gasteiger partial charge < -0.3 is 9.30 Å². The average Bonchev–Trinajstić information content (AvgIpc) is 3.30. The van der Waals surface area contributed by atoms with E-state index in [-0.39, 0.29) is 12.1 Å². The largest absolute Gasteiger partial charge is 0.454 e. The molecule has 0 bridgehead atoms. The molecule has 0 unspecified atom stereocenters. The summed E-state index contributed by atoms with van der Waals surface area (Å²) in [6.07, 6.45) is 1.68. The van der Waals surface area contributed by atoms with E-state index in [0.717, 1.165) is 23.1 Å². The number of carbonyl (C=O) groups is 1. The van der Waals surface area contributed by atoms with Crippen LogP contribution in [0.1, 0.15) is 35.9 Å². The minimum Gasteiger partial charge on any atom is -0.454 e. The van der Waals surface area contributed by atoms with Gasteiger partial charge >= 0.3 is 11.7 Å². The molecule has 3 aromatic heterocycles. The van der Waals surface area contributed by atoms with Gasteiger partial charge in [-0.05, 0) is 24.6 Å². The molecule has 0 aliphatic rings. The Morgan fingerprint density at radius 3 is 2.93 bits per heavy atom. The predicted octanol–water partition coefficient (Wildman–Crippen LogP) is 2.19. The highest BCUT2D eigenvalue weighted by Crippen LogP contribution is 2.20. The van der Waals surface area contributed by atoms with E-state index < -0.39 is 17.2 Å². The monoisotopic (exact) mass is 413 g/mol. The molecule has 0 aliphatic carbocycles. The van der Waals surface area contributed by atoms with E-state index in [0.29, 0.717) is 23.6 Å². The molecule has 0 saturated carbocycles. The molecule has 0 fully saturated rings. The molecule has 4 aromatic rings. The molecule has 0 radical (unpaired) electrons. The molecular weight excluding hydrogens is 394 g/mol. The van der Waals surface area contributed by atoms with E-state index in [2.05, 4.69) is 15.0 Å². The van der Waals surface area contributed by atoms with E-state index in [1.165, 1.54) is 15.9 Å². The third kappa shape index (κ3) is 3.46. The first kappa shape index (κ1) is 19.1. The van der Waals surface area contributed by atoms with Crippen molar-refractivity contribution in [1.29, 1.82) is 0 Å². The van der Waals surface area contributed by atoms with Crippen molar-refractivity contribution in [3.8, 4) is 0 Å². The van der Waals surface area contributed by atoms with Gasteiger partial charge in [0.1, 0.15) is 12.4 Å². The van der Waals surface area contributed by atoms with Crippen molar-refractivity contribution in [1.82, 2.24) is 24.1 Å². The summed E-state index contributed by atoms with van der Waals surface area (Å²) in [6, 6.07) is 5.16. The number of fused-ring (bicyclic) bond motifs is 2. The SMILES string of the molecule is CCCCn1c(=O)[nH]c(=O)c2c1nc(COC(=O)c1ccc3ncsc3c1)n2C. The van der Waals surface area contributed by atoms with Gasteiger partial charge in [-0.2, -0.15) is 0 Å². The number of unbranched alkanes of at least 4 members (excludes halogenated alkanes) is 1. The van der Waals surface area contributed by atoms with Crippen LogP contribution in [0.2, 0.25) is 0 Å². The molecule has 0 aliphatic heterocycles. The van der Waals surface area contributed by atoms with E-state index in [1.807, 2.05) is 6.92 Å². The predicted molar refractivity (Wildman–Crippen MR) is 109 cm³/mol. The lowest BCUT2D eigenvalue weighted by atomic mass is 10.2. The fourth-order valence-corrected chi connectivity index (χ4v) is 3.86. The minimum absolute atomic E-state index is 0.119. The number of hydrogen-bond acceptors (Lipinski definition) is 7. The van der Waals surface area contributed by atoms with Crippen molar-refractivity contribution >= 4 is 38.7 Å². The molecule has 1 N–H and O–H groups in total. The standard InChI is InChI=1S/C19H19N5O4S/c1-3-4-7-24-16-15(17(25)22-19(24)27)23(2)14(21-16)9-28-18(26)11-5-6-12-13(8-11)29-10-20-12/h5-6,8,10H,3-4,7,9H2,1-2H3,(H,22,25,27). The average molecular weight is 413 g/mol. The van der Waals surface area contributed by atoms with Crippen LogP contribution in [0.15, 0.2) is 33.3 Å². The second kappa shape index (κ2) is 7.63. The van der Waals surface area contributed by atoms with E-state index in [1.54, 1.807) is 35.3 Å². The van der Waals surface area contributed by atoms with Crippen LogP contribution in [0.25, 0.3) is 21.4 Å². The fourth-order valence-electron chi connectivity index (χ4n) is 3.14. The van der Waals surface area contributed by atoms with Crippen molar-refractivity contribution in [3.05, 3.63) is 55.9 Å². The zero-order valence-corrected chi connectivity index (χ0v) is 16.8. The maximum atomic E-state index is 12.4. The molecule has 4 rings (SSSR count). The number of esters is 1. The normalized spacial score (nSPS) is 11.4. The van der Waals surface area contributed by atoms with Gasteiger partial charge in [-0.3, -0.25) is 14.3 Å². The zero-order valence-electron chi connectivity index (χ0n) is 16.0. The van der Waals surface area contributed by atoms with E-state index in [4.69, 9.17) is 4.74 Å². The Morgan fingerprint density at radius 1 is 1.31 bits per heavy atom. The quantitative estimate of drug-likeness (QED) is 0.485. The minimum atomic E-state index is -0.513. The first-order valence-corrected chi connectivity index (χ1v) is 10.1. The van der Waals surface area contributed by atoms with Gasteiger partial charge in [0.25, 0.3) is 5.56 Å². The molecule has 3 heterocycles. The van der Waals surface area contributed by atoms with Gasteiger partial charge in [0.2, 0.25) is 0 Å². The Kier molecular flexibility index (Phi) is 5.01. The van der Waals surface area contributed by atoms with Gasteiger partial charge in [-0.1, -0.05) is 13.3 Å². The Labute approximate surface area is 168 Å². The number of aromatic amines is 1. The summed E-state index contributed by atoms with van der Waals surface area (Å²) in [6.45, 7) is 2.35. The molecule has 150 valence electrons. The van der Waals surface area contributed by atoms with Gasteiger partial charge in [0.05, 0.1) is 21.3 Å². The van der Waals surface area contributed by atoms with Crippen molar-refractivity contribution in [2.45, 2.75) is 32.9 Å². The molecule has 29 heavy (non-hydrogen) atoms. The summed E-state index contributed by atoms with van der Waals surface area (Å²) in [5.74, 6) is -0.113. The number of aromatic nitrogens is 5. The number of nitrogens with one attached hydrogen (secondary N) is 1. The van der Waals surface area contributed by atoms with Crippen LogP contribution >= 0.6 is 11.3 Å². The van der Waals surface area contributed by atoms with Crippen LogP contribution < -0.4 is 11.2 Å². The highest BCUT2D eigenvalue weighted by molar-refractivity contribution is 7.16. The molecule has 1 aromatic carbocycles. The molecule has 10 heteroatoms. The van der Waals surface area contributed by atoms with Gasteiger partial charge in [0.15, 0.2) is 11.2 Å². The number of hydrogen-bond donors (Lipinski definition) is 1. The van der Waals surface area contributed by atoms with Crippen molar-refractivity contribution < 1.29 is 9.53 Å². The Hall–Kier alpha value is -3.27. The fraction of sp³-hybridized carbons (Fsp3) is 0.316. The lowest BCUT2D eigenvalue weighted by molar-refractivity contribution is 0.0460. The summed E-state index contributed by atoms with van der Waals surface area (Å²) in [4.78, 5) is 47.8. The molecule has 0 saturated heterocycles.